The van der Waals surface area contributed by atoms with Gasteiger partial charge in [0.1, 0.15) is 17.6 Å². The van der Waals surface area contributed by atoms with Gasteiger partial charge in [0.05, 0.1) is 15.9 Å². The predicted molar refractivity (Wildman–Crippen MR) is 84.2 cm³/mol. The fourth-order valence-electron chi connectivity index (χ4n) is 2.79. The Morgan fingerprint density at radius 3 is 2.81 bits per heavy atom. The van der Waals surface area contributed by atoms with E-state index in [-0.39, 0.29) is 0 Å². The van der Waals surface area contributed by atoms with Gasteiger partial charge >= 0.3 is 0 Å². The van der Waals surface area contributed by atoms with Gasteiger partial charge < -0.3 is 9.52 Å². The Morgan fingerprint density at radius 2 is 2.24 bits per heavy atom. The molecule has 0 spiro atoms. The Bertz CT molecular complexity index is 647. The van der Waals surface area contributed by atoms with Crippen LogP contribution in [0.25, 0.3) is 0 Å². The largest absolute Gasteiger partial charge is 0.463 e. The van der Waals surface area contributed by atoms with E-state index in [0.29, 0.717) is 24.0 Å². The first-order valence-electron chi connectivity index (χ1n) is 7.49. The number of nitrogens with zero attached hydrogens (tertiary/aromatic N) is 2. The highest BCUT2D eigenvalue weighted by Crippen LogP contribution is 2.47. The highest BCUT2D eigenvalue weighted by atomic mass is 79.9. The highest BCUT2D eigenvalue weighted by molar-refractivity contribution is 9.10. The Balaban J connectivity index is 1.75. The Kier molecular flexibility index (Phi) is 3.97. The van der Waals surface area contributed by atoms with Crippen molar-refractivity contribution in [2.75, 3.05) is 0 Å². The molecule has 21 heavy (non-hydrogen) atoms. The molecule has 4 nitrogen and oxygen atoms in total. The minimum atomic E-state index is -0.635. The molecule has 1 fully saturated rings. The summed E-state index contributed by atoms with van der Waals surface area (Å²) >= 11 is 3.58. The van der Waals surface area contributed by atoms with Crippen molar-refractivity contribution in [1.82, 2.24) is 9.78 Å². The zero-order valence-electron chi connectivity index (χ0n) is 12.6. The molecule has 114 valence electrons. The van der Waals surface area contributed by atoms with Crippen LogP contribution in [0.5, 0.6) is 0 Å². The third kappa shape index (κ3) is 2.81. The fourth-order valence-corrected chi connectivity index (χ4v) is 3.57. The maximum absolute atomic E-state index is 10.4. The number of hydrogen-bond donors (Lipinski definition) is 1. The molecule has 2 aromatic heterocycles. The Morgan fingerprint density at radius 1 is 1.52 bits per heavy atom. The molecular formula is C16H21BrN2O2. The minimum absolute atomic E-state index is 0.497. The van der Waals surface area contributed by atoms with Gasteiger partial charge in [0.25, 0.3) is 0 Å². The van der Waals surface area contributed by atoms with Gasteiger partial charge in [0.15, 0.2) is 0 Å². The average molecular weight is 353 g/mol. The van der Waals surface area contributed by atoms with Crippen LogP contribution in [0.4, 0.5) is 0 Å². The normalized spacial score (nSPS) is 22.5. The molecular weight excluding hydrogens is 332 g/mol. The molecule has 0 saturated heterocycles. The Labute approximate surface area is 133 Å². The number of hydrogen-bond acceptors (Lipinski definition) is 3. The summed E-state index contributed by atoms with van der Waals surface area (Å²) < 4.78 is 8.66. The molecule has 3 unspecified atom stereocenters. The van der Waals surface area contributed by atoms with Crippen LogP contribution in [-0.4, -0.2) is 14.9 Å². The van der Waals surface area contributed by atoms with Crippen LogP contribution in [0, 0.1) is 5.92 Å². The molecule has 2 heterocycles. The van der Waals surface area contributed by atoms with E-state index in [1.807, 2.05) is 23.9 Å². The molecule has 1 aliphatic rings. The summed E-state index contributed by atoms with van der Waals surface area (Å²) in [4.78, 5) is 0. The third-order valence-electron chi connectivity index (χ3n) is 4.34. The maximum Gasteiger partial charge on any atom is 0.133 e. The van der Waals surface area contributed by atoms with Gasteiger partial charge in [-0.3, -0.25) is 4.68 Å². The summed E-state index contributed by atoms with van der Waals surface area (Å²) in [5, 5.41) is 14.9. The molecule has 3 rings (SSSR count). The summed E-state index contributed by atoms with van der Waals surface area (Å²) in [5.74, 6) is 2.91. The number of rotatable bonds is 5. The van der Waals surface area contributed by atoms with E-state index in [0.717, 1.165) is 28.0 Å². The molecule has 5 heteroatoms. The minimum Gasteiger partial charge on any atom is -0.463 e. The number of aliphatic hydroxyl groups is 1. The lowest BCUT2D eigenvalue weighted by molar-refractivity contribution is 0.145. The molecule has 3 atom stereocenters. The number of aryl methyl sites for hydroxylation is 2. The average Bonchev–Trinajstić information content (AvgIpc) is 2.89. The molecule has 1 aliphatic carbocycles. The molecule has 0 aromatic carbocycles. The number of halogens is 1. The topological polar surface area (TPSA) is 51.2 Å². The predicted octanol–water partition coefficient (Wildman–Crippen LogP) is 3.74. The lowest BCUT2D eigenvalue weighted by Crippen LogP contribution is -2.06. The Hall–Kier alpha value is -1.07. The zero-order valence-corrected chi connectivity index (χ0v) is 14.2. The van der Waals surface area contributed by atoms with E-state index in [1.165, 1.54) is 6.42 Å². The highest BCUT2D eigenvalue weighted by Gasteiger charge is 2.37. The van der Waals surface area contributed by atoms with Crippen LogP contribution in [0.3, 0.4) is 0 Å². The second-order valence-corrected chi connectivity index (χ2v) is 6.76. The van der Waals surface area contributed by atoms with E-state index in [4.69, 9.17) is 4.42 Å². The molecule has 0 bridgehead atoms. The van der Waals surface area contributed by atoms with E-state index < -0.39 is 6.10 Å². The van der Waals surface area contributed by atoms with Crippen molar-refractivity contribution in [3.63, 3.8) is 0 Å². The van der Waals surface area contributed by atoms with Crippen LogP contribution < -0.4 is 0 Å². The molecule has 1 saturated carbocycles. The van der Waals surface area contributed by atoms with Crippen molar-refractivity contribution in [3.8, 4) is 0 Å². The van der Waals surface area contributed by atoms with Crippen LogP contribution in [-0.2, 0) is 19.9 Å². The quantitative estimate of drug-likeness (QED) is 0.891. The second kappa shape index (κ2) is 5.61. The molecule has 1 N–H and O–H groups in total. The summed E-state index contributed by atoms with van der Waals surface area (Å²) in [6.45, 7) is 4.30. The summed E-state index contributed by atoms with van der Waals surface area (Å²) in [5.41, 5.74) is 2.02. The van der Waals surface area contributed by atoms with Crippen molar-refractivity contribution < 1.29 is 9.52 Å². The molecule has 2 aromatic rings. The van der Waals surface area contributed by atoms with E-state index in [1.54, 1.807) is 0 Å². The smallest absolute Gasteiger partial charge is 0.133 e. The summed E-state index contributed by atoms with van der Waals surface area (Å²) in [7, 11) is 1.91. The lowest BCUT2D eigenvalue weighted by Gasteiger charge is -2.09. The first-order chi connectivity index (χ1) is 10.0. The first kappa shape index (κ1) is 14.9. The lowest BCUT2D eigenvalue weighted by atomic mass is 10.1. The van der Waals surface area contributed by atoms with Crippen molar-refractivity contribution in [1.29, 1.82) is 0 Å². The summed E-state index contributed by atoms with van der Waals surface area (Å²) in [6, 6.07) is 3.90. The van der Waals surface area contributed by atoms with Gasteiger partial charge in [-0.2, -0.15) is 5.10 Å². The van der Waals surface area contributed by atoms with Crippen LogP contribution in [0.2, 0.25) is 0 Å². The van der Waals surface area contributed by atoms with Crippen molar-refractivity contribution in [2.45, 2.75) is 45.1 Å². The van der Waals surface area contributed by atoms with Gasteiger partial charge in [0, 0.05) is 19.4 Å². The van der Waals surface area contributed by atoms with Gasteiger partial charge in [-0.1, -0.05) is 13.8 Å². The maximum atomic E-state index is 10.4. The molecule has 0 radical (unpaired) electrons. The fraction of sp³-hybridized carbons (Fsp3) is 0.562. The van der Waals surface area contributed by atoms with Crippen molar-refractivity contribution in [3.05, 3.63) is 39.5 Å². The van der Waals surface area contributed by atoms with Crippen LogP contribution in [0.1, 0.15) is 55.2 Å². The third-order valence-corrected chi connectivity index (χ3v) is 5.26. The molecule has 0 aliphatic heterocycles. The van der Waals surface area contributed by atoms with Crippen LogP contribution in [0.15, 0.2) is 21.0 Å². The van der Waals surface area contributed by atoms with Crippen molar-refractivity contribution >= 4 is 15.9 Å². The van der Waals surface area contributed by atoms with Gasteiger partial charge in [0.2, 0.25) is 0 Å². The number of furan rings is 1. The summed E-state index contributed by atoms with van der Waals surface area (Å²) in [6.07, 6.45) is 1.92. The van der Waals surface area contributed by atoms with Gasteiger partial charge in [-0.15, -0.1) is 0 Å². The number of aliphatic hydroxyl groups excluding tert-OH is 1. The monoisotopic (exact) mass is 352 g/mol. The SMILES string of the molecule is CCc1nn(C)c(CC(O)c2ccc(C3CC3C)o2)c1Br. The zero-order chi connectivity index (χ0) is 15.1. The molecule has 0 amide bonds. The van der Waals surface area contributed by atoms with E-state index >= 15 is 0 Å². The second-order valence-electron chi connectivity index (χ2n) is 5.96. The van der Waals surface area contributed by atoms with E-state index in [9.17, 15) is 5.11 Å². The standard InChI is InChI=1S/C16H21BrN2O2/c1-4-11-16(17)12(19(3)18-11)8-13(20)15-6-5-14(21-15)10-7-9(10)2/h5-6,9-10,13,20H,4,7-8H2,1-3H3. The van der Waals surface area contributed by atoms with Crippen molar-refractivity contribution in [2.24, 2.45) is 13.0 Å². The van der Waals surface area contributed by atoms with E-state index in [2.05, 4.69) is 34.9 Å². The van der Waals surface area contributed by atoms with Gasteiger partial charge in [-0.25, -0.2) is 0 Å². The van der Waals surface area contributed by atoms with Crippen LogP contribution >= 0.6 is 15.9 Å². The number of aromatic nitrogens is 2. The van der Waals surface area contributed by atoms with Gasteiger partial charge in [-0.05, 0) is 46.8 Å². The first-order valence-corrected chi connectivity index (χ1v) is 8.28.